The molecule has 2 heteroatoms. The smallest absolute Gasteiger partial charge is 0.159 e. The Kier molecular flexibility index (Phi) is 8.20. The normalized spacial score (nSPS) is 14.9. The predicted octanol–water partition coefficient (Wildman–Crippen LogP) is 16.5. The van der Waals surface area contributed by atoms with Gasteiger partial charge >= 0.3 is 0 Å². The molecule has 0 bridgehead atoms. The van der Waals surface area contributed by atoms with Crippen LogP contribution < -0.4 is 4.90 Å². The quantitative estimate of drug-likeness (QED) is 0.177. The first kappa shape index (κ1) is 38.3. The van der Waals surface area contributed by atoms with Crippen LogP contribution in [0.15, 0.2) is 132 Å². The highest BCUT2D eigenvalue weighted by molar-refractivity contribution is 6.12. The lowest BCUT2D eigenvalue weighted by molar-refractivity contribution is 0.573. The number of anilines is 3. The van der Waals surface area contributed by atoms with Gasteiger partial charge in [0.05, 0.1) is 5.69 Å². The van der Waals surface area contributed by atoms with Crippen molar-refractivity contribution in [2.24, 2.45) is 0 Å². The van der Waals surface area contributed by atoms with E-state index in [9.17, 15) is 0 Å². The van der Waals surface area contributed by atoms with Gasteiger partial charge in [0.2, 0.25) is 0 Å². The number of hydrogen-bond acceptors (Lipinski definition) is 2. The van der Waals surface area contributed by atoms with E-state index in [1.807, 2.05) is 0 Å². The van der Waals surface area contributed by atoms with Gasteiger partial charge in [0, 0.05) is 38.5 Å². The van der Waals surface area contributed by atoms with E-state index in [2.05, 4.69) is 215 Å². The zero-order chi connectivity index (χ0) is 42.3. The maximum atomic E-state index is 7.29. The Morgan fingerprint density at radius 2 is 1.07 bits per heavy atom. The molecule has 1 aromatic heterocycles. The fourth-order valence-electron chi connectivity index (χ4n) is 10.7. The molecule has 0 radical (unpaired) electrons. The van der Waals surface area contributed by atoms with Gasteiger partial charge in [0.15, 0.2) is 5.58 Å². The molecule has 0 amide bonds. The van der Waals surface area contributed by atoms with Crippen LogP contribution in [0.3, 0.4) is 0 Å². The van der Waals surface area contributed by atoms with Crippen LogP contribution in [0, 0.1) is 13.8 Å². The third-order valence-corrected chi connectivity index (χ3v) is 13.9. The van der Waals surface area contributed by atoms with Crippen LogP contribution in [0.2, 0.25) is 0 Å². The zero-order valence-electron chi connectivity index (χ0n) is 37.5. The summed E-state index contributed by atoms with van der Waals surface area (Å²) in [6.07, 6.45) is 0. The average Bonchev–Trinajstić information content (AvgIpc) is 3.77. The first-order chi connectivity index (χ1) is 28.4. The summed E-state index contributed by atoms with van der Waals surface area (Å²) >= 11 is 0. The molecule has 1 heterocycles. The number of furan rings is 1. The minimum atomic E-state index is -0.174. The Morgan fingerprint density at radius 1 is 0.467 bits per heavy atom. The largest absolute Gasteiger partial charge is 0.454 e. The fourth-order valence-corrected chi connectivity index (χ4v) is 10.7. The highest BCUT2D eigenvalue weighted by Crippen LogP contribution is 2.55. The number of nitrogens with zero attached hydrogens (tertiary/aromatic N) is 1. The monoisotopic (exact) mass is 783 g/mol. The molecule has 300 valence electrons. The topological polar surface area (TPSA) is 16.4 Å². The van der Waals surface area contributed by atoms with E-state index in [4.69, 9.17) is 4.42 Å². The van der Waals surface area contributed by atoms with Gasteiger partial charge < -0.3 is 9.32 Å². The molecule has 0 spiro atoms. The van der Waals surface area contributed by atoms with E-state index in [1.165, 1.54) is 77.9 Å². The summed E-state index contributed by atoms with van der Waals surface area (Å²) < 4.78 is 7.29. The van der Waals surface area contributed by atoms with E-state index >= 15 is 0 Å². The predicted molar refractivity (Wildman–Crippen MR) is 256 cm³/mol. The van der Waals surface area contributed by atoms with Crippen LogP contribution in [-0.2, 0) is 21.7 Å². The van der Waals surface area contributed by atoms with Crippen LogP contribution in [0.4, 0.5) is 17.1 Å². The molecule has 0 aliphatic heterocycles. The lowest BCUT2D eigenvalue weighted by Gasteiger charge is -2.29. The molecule has 60 heavy (non-hydrogen) atoms. The van der Waals surface area contributed by atoms with Crippen molar-refractivity contribution in [1.29, 1.82) is 0 Å². The SMILES string of the molecule is Cc1ccc(-c2cc(C(C)(C)C)c3oc4c(N(c5ccc6c(c5)C(C)(C)c5ccccc5-6)c5ccc6c(c5)C(C)(C)c5cccc(C(C)(C)C)c5-6)cccc4c3c2)c(C)c1. The molecule has 7 aromatic carbocycles. The van der Waals surface area contributed by atoms with Crippen molar-refractivity contribution < 1.29 is 4.42 Å². The summed E-state index contributed by atoms with van der Waals surface area (Å²) in [7, 11) is 0. The zero-order valence-corrected chi connectivity index (χ0v) is 37.5. The van der Waals surface area contributed by atoms with Gasteiger partial charge in [-0.25, -0.2) is 0 Å². The van der Waals surface area contributed by atoms with E-state index in [0.717, 1.165) is 39.0 Å². The van der Waals surface area contributed by atoms with Gasteiger partial charge in [-0.1, -0.05) is 160 Å². The first-order valence-electron chi connectivity index (χ1n) is 21.8. The maximum absolute atomic E-state index is 7.29. The Balaban J connectivity index is 1.24. The summed E-state index contributed by atoms with van der Waals surface area (Å²) in [6.45, 7) is 27.8. The summed E-state index contributed by atoms with van der Waals surface area (Å²) in [5, 5.41) is 2.28. The fraction of sp³-hybridized carbons (Fsp3) is 0.276. The van der Waals surface area contributed by atoms with E-state index in [0.29, 0.717) is 0 Å². The van der Waals surface area contributed by atoms with Crippen molar-refractivity contribution in [3.8, 4) is 33.4 Å². The van der Waals surface area contributed by atoms with Crippen molar-refractivity contribution in [1.82, 2.24) is 0 Å². The third-order valence-electron chi connectivity index (χ3n) is 13.9. The molecule has 2 aliphatic rings. The minimum absolute atomic E-state index is 0.0173. The van der Waals surface area contributed by atoms with Gasteiger partial charge in [-0.3, -0.25) is 0 Å². The van der Waals surface area contributed by atoms with Crippen LogP contribution in [0.1, 0.15) is 114 Å². The van der Waals surface area contributed by atoms with Crippen molar-refractivity contribution in [3.63, 3.8) is 0 Å². The molecule has 0 unspecified atom stereocenters. The number of aryl methyl sites for hydroxylation is 2. The third kappa shape index (κ3) is 5.59. The number of fused-ring (bicyclic) bond motifs is 9. The van der Waals surface area contributed by atoms with Gasteiger partial charge in [0.25, 0.3) is 0 Å². The summed E-state index contributed by atoms with van der Waals surface area (Å²) in [6, 6.07) is 48.4. The second kappa shape index (κ2) is 12.8. The number of rotatable bonds is 4. The second-order valence-corrected chi connectivity index (χ2v) is 20.8. The second-order valence-electron chi connectivity index (χ2n) is 20.8. The number of para-hydroxylation sites is 1. The van der Waals surface area contributed by atoms with E-state index in [-0.39, 0.29) is 21.7 Å². The van der Waals surface area contributed by atoms with E-state index < -0.39 is 0 Å². The molecule has 0 saturated heterocycles. The Hall–Kier alpha value is -5.86. The average molecular weight is 784 g/mol. The Bertz CT molecular complexity index is 3080. The van der Waals surface area contributed by atoms with Crippen LogP contribution in [0.25, 0.3) is 55.3 Å². The summed E-state index contributed by atoms with van der Waals surface area (Å²) in [5.74, 6) is 0. The van der Waals surface area contributed by atoms with Gasteiger partial charge in [0.1, 0.15) is 5.58 Å². The molecular formula is C58H57NO. The highest BCUT2D eigenvalue weighted by Gasteiger charge is 2.40. The molecule has 0 saturated carbocycles. The number of benzene rings is 7. The highest BCUT2D eigenvalue weighted by atomic mass is 16.3. The molecular weight excluding hydrogens is 727 g/mol. The molecule has 10 rings (SSSR count). The Morgan fingerprint density at radius 3 is 1.77 bits per heavy atom. The van der Waals surface area contributed by atoms with Gasteiger partial charge in [-0.15, -0.1) is 0 Å². The van der Waals surface area contributed by atoms with Crippen LogP contribution in [0.5, 0.6) is 0 Å². The van der Waals surface area contributed by atoms with Gasteiger partial charge in [-0.2, -0.15) is 0 Å². The maximum Gasteiger partial charge on any atom is 0.159 e. The van der Waals surface area contributed by atoms with Crippen molar-refractivity contribution in [3.05, 3.63) is 172 Å². The lowest BCUT2D eigenvalue weighted by atomic mass is 9.79. The van der Waals surface area contributed by atoms with Crippen molar-refractivity contribution >= 4 is 39.0 Å². The van der Waals surface area contributed by atoms with Crippen molar-refractivity contribution in [2.75, 3.05) is 4.90 Å². The Labute approximate surface area is 356 Å². The standard InChI is InChI=1S/C58H57NO/c1-34-23-26-39(35(2)29-34)36-30-44-42-18-15-22-51(54(42)60-53(44)50(31-36)56(6,7)8)59(37-24-27-41-40-17-13-14-19-45(40)57(9,10)48(41)32-37)38-25-28-43-49(33-38)58(11,12)47-21-16-20-46(52(43)47)55(3,4)5/h13-33H,1-12H3. The van der Waals surface area contributed by atoms with Crippen LogP contribution >= 0.6 is 0 Å². The molecule has 0 fully saturated rings. The molecule has 2 nitrogen and oxygen atoms in total. The summed E-state index contributed by atoms with van der Waals surface area (Å²) in [4.78, 5) is 2.47. The van der Waals surface area contributed by atoms with Crippen molar-refractivity contribution in [2.45, 2.75) is 105 Å². The molecule has 0 N–H and O–H groups in total. The molecule has 0 atom stereocenters. The lowest BCUT2D eigenvalue weighted by Crippen LogP contribution is -2.18. The van der Waals surface area contributed by atoms with Gasteiger partial charge in [-0.05, 0) is 134 Å². The van der Waals surface area contributed by atoms with Crippen LogP contribution in [-0.4, -0.2) is 0 Å². The molecule has 2 aliphatic carbocycles. The minimum Gasteiger partial charge on any atom is -0.454 e. The van der Waals surface area contributed by atoms with E-state index in [1.54, 1.807) is 0 Å². The molecule has 8 aromatic rings. The number of hydrogen-bond donors (Lipinski definition) is 0. The first-order valence-corrected chi connectivity index (χ1v) is 21.8. The summed E-state index contributed by atoms with van der Waals surface area (Å²) in [5.41, 5.74) is 23.2.